The van der Waals surface area contributed by atoms with Gasteiger partial charge in [-0.2, -0.15) is 0 Å². The van der Waals surface area contributed by atoms with Crippen LogP contribution in [0.2, 0.25) is 0 Å². The van der Waals surface area contributed by atoms with Gasteiger partial charge in [-0.1, -0.05) is 0 Å². The van der Waals surface area contributed by atoms with Crippen molar-refractivity contribution in [3.05, 3.63) is 0 Å². The minimum absolute atomic E-state index is 0.00106. The second-order valence-corrected chi connectivity index (χ2v) is 3.65. The van der Waals surface area contributed by atoms with Crippen LogP contribution < -0.4 is 5.32 Å². The summed E-state index contributed by atoms with van der Waals surface area (Å²) in [6.07, 6.45) is 3.31. The summed E-state index contributed by atoms with van der Waals surface area (Å²) in [7, 11) is 0. The van der Waals surface area contributed by atoms with Gasteiger partial charge in [0.05, 0.1) is 6.10 Å². The van der Waals surface area contributed by atoms with E-state index in [0.717, 1.165) is 31.2 Å². The topological polar surface area (TPSA) is 32.3 Å². The zero-order valence-corrected chi connectivity index (χ0v) is 6.21. The third-order valence-corrected chi connectivity index (χ3v) is 2.93. The van der Waals surface area contributed by atoms with Crippen LogP contribution in [-0.2, 0) is 0 Å². The van der Waals surface area contributed by atoms with Crippen LogP contribution in [0.15, 0.2) is 0 Å². The molecule has 3 atom stereocenters. The van der Waals surface area contributed by atoms with Crippen LogP contribution in [0.4, 0.5) is 0 Å². The van der Waals surface area contributed by atoms with E-state index in [4.69, 9.17) is 0 Å². The largest absolute Gasteiger partial charge is 0.393 e. The molecule has 2 N–H and O–H groups in total. The molecule has 2 rings (SSSR count). The molecule has 0 bridgehead atoms. The molecule has 2 nitrogen and oxygen atoms in total. The summed E-state index contributed by atoms with van der Waals surface area (Å²) in [6.45, 7) is 2.33. The summed E-state index contributed by atoms with van der Waals surface area (Å²) >= 11 is 0. The van der Waals surface area contributed by atoms with Gasteiger partial charge in [0.2, 0.25) is 0 Å². The first-order valence-electron chi connectivity index (χ1n) is 4.25. The monoisotopic (exact) mass is 141 g/mol. The fourth-order valence-corrected chi connectivity index (χ4v) is 2.27. The molecular weight excluding hydrogens is 126 g/mol. The average molecular weight is 141 g/mol. The van der Waals surface area contributed by atoms with Gasteiger partial charge in [-0.05, 0) is 44.2 Å². The minimum atomic E-state index is 0.00106. The molecule has 0 unspecified atom stereocenters. The van der Waals surface area contributed by atoms with Gasteiger partial charge in [0.15, 0.2) is 0 Å². The van der Waals surface area contributed by atoms with Crippen LogP contribution in [-0.4, -0.2) is 24.3 Å². The molecule has 1 heterocycles. The van der Waals surface area contributed by atoms with Gasteiger partial charge in [0.25, 0.3) is 0 Å². The molecule has 1 aliphatic carbocycles. The zero-order chi connectivity index (χ0) is 6.97. The Bertz CT molecular complexity index is 126. The molecule has 10 heavy (non-hydrogen) atoms. The molecule has 0 aromatic heterocycles. The second-order valence-electron chi connectivity index (χ2n) is 3.65. The average Bonchev–Trinajstić information content (AvgIpc) is 2.33. The Kier molecular flexibility index (Phi) is 1.66. The van der Waals surface area contributed by atoms with Gasteiger partial charge in [-0.15, -0.1) is 0 Å². The van der Waals surface area contributed by atoms with E-state index in [1.807, 2.05) is 0 Å². The maximum Gasteiger partial charge on any atom is 0.0543 e. The summed E-state index contributed by atoms with van der Waals surface area (Å²) in [6, 6.07) is 0. The highest BCUT2D eigenvalue weighted by Gasteiger charge is 2.32. The number of hydrogen-bond acceptors (Lipinski definition) is 2. The molecule has 2 heteroatoms. The maximum atomic E-state index is 9.33. The van der Waals surface area contributed by atoms with Crippen molar-refractivity contribution in [3.8, 4) is 0 Å². The Morgan fingerprint density at radius 3 is 2.80 bits per heavy atom. The molecule has 0 spiro atoms. The van der Waals surface area contributed by atoms with Crippen molar-refractivity contribution in [3.63, 3.8) is 0 Å². The van der Waals surface area contributed by atoms with Crippen LogP contribution >= 0.6 is 0 Å². The third-order valence-electron chi connectivity index (χ3n) is 2.93. The fourth-order valence-electron chi connectivity index (χ4n) is 2.27. The maximum absolute atomic E-state index is 9.33. The van der Waals surface area contributed by atoms with E-state index in [1.54, 1.807) is 0 Å². The number of hydrogen-bond donors (Lipinski definition) is 2. The Morgan fingerprint density at radius 2 is 1.90 bits per heavy atom. The normalized spacial score (nSPS) is 47.1. The van der Waals surface area contributed by atoms with E-state index in [9.17, 15) is 5.11 Å². The van der Waals surface area contributed by atoms with Crippen LogP contribution in [0, 0.1) is 11.8 Å². The lowest BCUT2D eigenvalue weighted by Gasteiger charge is -2.27. The van der Waals surface area contributed by atoms with E-state index in [2.05, 4.69) is 5.32 Å². The van der Waals surface area contributed by atoms with Crippen molar-refractivity contribution in [2.75, 3.05) is 13.1 Å². The quantitative estimate of drug-likeness (QED) is 0.510. The number of aliphatic hydroxyl groups is 1. The lowest BCUT2D eigenvalue weighted by atomic mass is 9.80. The Hall–Kier alpha value is -0.0800. The summed E-state index contributed by atoms with van der Waals surface area (Å²) in [5, 5.41) is 12.7. The van der Waals surface area contributed by atoms with E-state index in [0.29, 0.717) is 0 Å². The third kappa shape index (κ3) is 1.06. The van der Waals surface area contributed by atoms with Gasteiger partial charge in [0, 0.05) is 0 Å². The predicted octanol–water partition coefficient (Wildman–Crippen LogP) is 0.367. The highest BCUT2D eigenvalue weighted by atomic mass is 16.3. The molecule has 58 valence electrons. The van der Waals surface area contributed by atoms with Crippen LogP contribution in [0.5, 0.6) is 0 Å². The Balaban J connectivity index is 1.96. The minimum Gasteiger partial charge on any atom is -0.393 e. The second kappa shape index (κ2) is 2.51. The summed E-state index contributed by atoms with van der Waals surface area (Å²) in [5.41, 5.74) is 0. The van der Waals surface area contributed by atoms with Gasteiger partial charge in [-0.25, -0.2) is 0 Å². The van der Waals surface area contributed by atoms with Gasteiger partial charge >= 0.3 is 0 Å². The molecule has 0 radical (unpaired) electrons. The first-order valence-corrected chi connectivity index (χ1v) is 4.25. The number of aliphatic hydroxyl groups excluding tert-OH is 1. The smallest absolute Gasteiger partial charge is 0.0543 e. The Labute approximate surface area is 61.6 Å². The Morgan fingerprint density at radius 1 is 1.10 bits per heavy atom. The van der Waals surface area contributed by atoms with E-state index >= 15 is 0 Å². The van der Waals surface area contributed by atoms with E-state index < -0.39 is 0 Å². The van der Waals surface area contributed by atoms with Crippen molar-refractivity contribution < 1.29 is 5.11 Å². The van der Waals surface area contributed by atoms with Crippen molar-refractivity contribution >= 4 is 0 Å². The molecule has 2 fully saturated rings. The number of rotatable bonds is 0. The first-order chi connectivity index (χ1) is 4.86. The zero-order valence-electron chi connectivity index (χ0n) is 6.21. The van der Waals surface area contributed by atoms with Gasteiger partial charge in [0.1, 0.15) is 0 Å². The summed E-state index contributed by atoms with van der Waals surface area (Å²) < 4.78 is 0. The summed E-state index contributed by atoms with van der Waals surface area (Å²) in [4.78, 5) is 0. The SMILES string of the molecule is O[C@H]1CC[C@H]2CNC[C@@H]2C1. The summed E-state index contributed by atoms with van der Waals surface area (Å²) in [5.74, 6) is 1.66. The van der Waals surface area contributed by atoms with Crippen molar-refractivity contribution in [1.29, 1.82) is 0 Å². The van der Waals surface area contributed by atoms with Crippen LogP contribution in [0.3, 0.4) is 0 Å². The van der Waals surface area contributed by atoms with Crippen LogP contribution in [0.25, 0.3) is 0 Å². The molecular formula is C8H15NO. The molecule has 2 aliphatic rings. The highest BCUT2D eigenvalue weighted by molar-refractivity contribution is 4.87. The molecule has 0 aromatic carbocycles. The number of nitrogens with one attached hydrogen (secondary N) is 1. The molecule has 1 aliphatic heterocycles. The van der Waals surface area contributed by atoms with Crippen molar-refractivity contribution in [2.24, 2.45) is 11.8 Å². The fraction of sp³-hybridized carbons (Fsp3) is 1.00. The van der Waals surface area contributed by atoms with Crippen molar-refractivity contribution in [1.82, 2.24) is 5.32 Å². The number of fused-ring (bicyclic) bond motifs is 1. The lowest BCUT2D eigenvalue weighted by molar-refractivity contribution is 0.0867. The molecule has 0 aromatic rings. The standard InChI is InChI=1S/C8H15NO/c10-8-2-1-6-4-9-5-7(6)3-8/h6-10H,1-5H2/t6-,7-,8-/m0/s1. The van der Waals surface area contributed by atoms with Gasteiger partial charge in [-0.3, -0.25) is 0 Å². The van der Waals surface area contributed by atoms with Crippen molar-refractivity contribution in [2.45, 2.75) is 25.4 Å². The van der Waals surface area contributed by atoms with Crippen LogP contribution in [0.1, 0.15) is 19.3 Å². The molecule has 1 saturated carbocycles. The highest BCUT2D eigenvalue weighted by Crippen LogP contribution is 2.32. The van der Waals surface area contributed by atoms with E-state index in [1.165, 1.54) is 13.0 Å². The molecule has 1 saturated heterocycles. The first kappa shape index (κ1) is 6.62. The predicted molar refractivity (Wildman–Crippen MR) is 39.7 cm³/mol. The molecule has 0 amide bonds. The lowest BCUT2D eigenvalue weighted by Crippen LogP contribution is -2.26. The van der Waals surface area contributed by atoms with Gasteiger partial charge < -0.3 is 10.4 Å². The van der Waals surface area contributed by atoms with E-state index in [-0.39, 0.29) is 6.10 Å².